The quantitative estimate of drug-likeness (QED) is 0.223. The number of hydrogen-bond acceptors (Lipinski definition) is 4. The van der Waals surface area contributed by atoms with E-state index in [4.69, 9.17) is 21.1 Å². The lowest BCUT2D eigenvalue weighted by Crippen LogP contribution is -2.26. The van der Waals surface area contributed by atoms with Gasteiger partial charge in [0.05, 0.1) is 13.7 Å². The fourth-order valence-electron chi connectivity index (χ4n) is 2.88. The number of methoxy groups -OCH3 is 1. The molecule has 5 heteroatoms. The number of carbonyl (C=O) groups is 2. The van der Waals surface area contributed by atoms with Crippen LogP contribution in [-0.2, 0) is 20.7 Å². The van der Waals surface area contributed by atoms with Gasteiger partial charge >= 0.3 is 5.97 Å². The number of hydrogen-bond donors (Lipinski definition) is 0. The van der Waals surface area contributed by atoms with Gasteiger partial charge in [0.15, 0.2) is 11.2 Å². The molecule has 1 rings (SSSR count). The first kappa shape index (κ1) is 23.2. The van der Waals surface area contributed by atoms with Crippen LogP contribution in [0.2, 0.25) is 0 Å². The molecule has 27 heavy (non-hydrogen) atoms. The summed E-state index contributed by atoms with van der Waals surface area (Å²) in [5.74, 6) is 0.413. The van der Waals surface area contributed by atoms with Crippen molar-refractivity contribution < 1.29 is 19.1 Å². The zero-order chi connectivity index (χ0) is 20.4. The van der Waals surface area contributed by atoms with Gasteiger partial charge in [0.1, 0.15) is 5.75 Å². The van der Waals surface area contributed by atoms with Gasteiger partial charge in [-0.05, 0) is 50.2 Å². The number of rotatable bonds is 11. The summed E-state index contributed by atoms with van der Waals surface area (Å²) in [6.45, 7) is 8.20. The van der Waals surface area contributed by atoms with E-state index in [-0.39, 0.29) is 18.8 Å². The van der Waals surface area contributed by atoms with Crippen LogP contribution in [0, 0.1) is 0 Å². The number of alkyl halides is 1. The van der Waals surface area contributed by atoms with Crippen LogP contribution < -0.4 is 4.74 Å². The highest BCUT2D eigenvalue weighted by atomic mass is 35.5. The molecule has 0 saturated carbocycles. The second-order valence-electron chi connectivity index (χ2n) is 6.86. The molecule has 1 unspecified atom stereocenters. The van der Waals surface area contributed by atoms with Crippen molar-refractivity contribution in [3.63, 3.8) is 0 Å². The summed E-state index contributed by atoms with van der Waals surface area (Å²) in [4.78, 5) is 23.5. The normalized spacial score (nSPS) is 12.8. The number of ether oxygens (including phenoxy) is 2. The first-order valence-electron chi connectivity index (χ1n) is 9.46. The van der Waals surface area contributed by atoms with Crippen molar-refractivity contribution in [3.05, 3.63) is 41.0 Å². The Bertz CT molecular complexity index is 664. The number of halogens is 1. The Morgan fingerprint density at radius 2 is 1.93 bits per heavy atom. The van der Waals surface area contributed by atoms with Crippen LogP contribution in [0.25, 0.3) is 0 Å². The number of esters is 1. The summed E-state index contributed by atoms with van der Waals surface area (Å²) in [5, 5.41) is -1.21. The molecule has 0 aromatic heterocycles. The summed E-state index contributed by atoms with van der Waals surface area (Å²) < 4.78 is 10.4. The SMILES string of the molecule is CCOC(=O)C(Cl)C(=O)CC/C(C)=C/CCc1cccc(C(C)C)c1OC. The fraction of sp³-hybridized carbons (Fsp3) is 0.545. The number of para-hydroxylation sites is 1. The Kier molecular flexibility index (Phi) is 10.2. The monoisotopic (exact) mass is 394 g/mol. The van der Waals surface area contributed by atoms with E-state index in [1.54, 1.807) is 14.0 Å². The van der Waals surface area contributed by atoms with E-state index in [2.05, 4.69) is 38.1 Å². The molecule has 1 atom stereocenters. The Balaban J connectivity index is 2.58. The molecule has 0 fully saturated rings. The minimum atomic E-state index is -1.21. The Morgan fingerprint density at radius 1 is 1.22 bits per heavy atom. The number of benzene rings is 1. The highest BCUT2D eigenvalue weighted by Gasteiger charge is 2.24. The predicted octanol–water partition coefficient (Wildman–Crippen LogP) is 5.22. The molecular formula is C22H31ClO4. The van der Waals surface area contributed by atoms with Crippen LogP contribution in [0.3, 0.4) is 0 Å². The van der Waals surface area contributed by atoms with E-state index in [1.165, 1.54) is 11.1 Å². The first-order valence-corrected chi connectivity index (χ1v) is 9.90. The Labute approximate surface area is 167 Å². The molecule has 1 aromatic rings. The third kappa shape index (κ3) is 7.37. The van der Waals surface area contributed by atoms with Gasteiger partial charge in [0.2, 0.25) is 0 Å². The van der Waals surface area contributed by atoms with Gasteiger partial charge in [-0.2, -0.15) is 0 Å². The molecule has 0 amide bonds. The van der Waals surface area contributed by atoms with E-state index in [1.807, 2.05) is 6.92 Å². The molecule has 0 N–H and O–H groups in total. The summed E-state index contributed by atoms with van der Waals surface area (Å²) in [6, 6.07) is 6.26. The summed E-state index contributed by atoms with van der Waals surface area (Å²) >= 11 is 5.84. The van der Waals surface area contributed by atoms with Gasteiger partial charge in [0.25, 0.3) is 0 Å². The number of carbonyl (C=O) groups excluding carboxylic acids is 2. The van der Waals surface area contributed by atoms with E-state index >= 15 is 0 Å². The molecule has 0 bridgehead atoms. The molecule has 0 aliphatic rings. The van der Waals surface area contributed by atoms with E-state index in [0.29, 0.717) is 12.3 Å². The van der Waals surface area contributed by atoms with E-state index in [0.717, 1.165) is 24.2 Å². The maximum Gasteiger partial charge on any atom is 0.331 e. The lowest BCUT2D eigenvalue weighted by Gasteiger charge is -2.15. The second-order valence-corrected chi connectivity index (χ2v) is 7.30. The molecular weight excluding hydrogens is 364 g/mol. The molecule has 150 valence electrons. The standard InChI is InChI=1S/C22H31ClO4/c1-6-27-22(25)20(23)19(24)14-13-16(4)9-7-10-17-11-8-12-18(15(2)3)21(17)26-5/h8-9,11-12,15,20H,6-7,10,13-14H2,1-5H3/b16-9+. The summed E-state index contributed by atoms with van der Waals surface area (Å²) in [5.41, 5.74) is 3.51. The Morgan fingerprint density at radius 3 is 2.52 bits per heavy atom. The van der Waals surface area contributed by atoms with Crippen molar-refractivity contribution in [3.8, 4) is 5.75 Å². The van der Waals surface area contributed by atoms with Gasteiger partial charge in [0, 0.05) is 6.42 Å². The van der Waals surface area contributed by atoms with Crippen LogP contribution >= 0.6 is 11.6 Å². The molecule has 0 aliphatic carbocycles. The zero-order valence-corrected chi connectivity index (χ0v) is 17.8. The van der Waals surface area contributed by atoms with Crippen LogP contribution in [0.1, 0.15) is 64.0 Å². The number of allylic oxidation sites excluding steroid dienone is 2. The minimum Gasteiger partial charge on any atom is -0.496 e. The number of ketones is 1. The van der Waals surface area contributed by atoms with Crippen LogP contribution in [0.15, 0.2) is 29.8 Å². The average molecular weight is 395 g/mol. The molecule has 0 saturated heterocycles. The molecule has 0 heterocycles. The van der Waals surface area contributed by atoms with Crippen LogP contribution in [0.4, 0.5) is 0 Å². The van der Waals surface area contributed by atoms with Crippen molar-refractivity contribution in [1.29, 1.82) is 0 Å². The van der Waals surface area contributed by atoms with Crippen LogP contribution in [0.5, 0.6) is 5.75 Å². The zero-order valence-electron chi connectivity index (χ0n) is 17.0. The van der Waals surface area contributed by atoms with Gasteiger partial charge in [-0.25, -0.2) is 4.79 Å². The summed E-state index contributed by atoms with van der Waals surface area (Å²) in [6.07, 6.45) is 4.69. The predicted molar refractivity (Wildman–Crippen MR) is 110 cm³/mol. The third-order valence-corrected chi connectivity index (χ3v) is 4.82. The maximum absolute atomic E-state index is 12.0. The van der Waals surface area contributed by atoms with Gasteiger partial charge in [-0.1, -0.05) is 43.7 Å². The maximum atomic E-state index is 12.0. The third-order valence-electron chi connectivity index (χ3n) is 4.40. The second kappa shape index (κ2) is 11.8. The van der Waals surface area contributed by atoms with E-state index < -0.39 is 11.3 Å². The lowest BCUT2D eigenvalue weighted by atomic mass is 9.96. The minimum absolute atomic E-state index is 0.218. The number of Topliss-reactive ketones (excluding diaryl/α,β-unsaturated/α-hetero) is 1. The van der Waals surface area contributed by atoms with E-state index in [9.17, 15) is 9.59 Å². The Hall–Kier alpha value is -1.81. The van der Waals surface area contributed by atoms with Gasteiger partial charge < -0.3 is 9.47 Å². The van der Waals surface area contributed by atoms with Crippen molar-refractivity contribution in [2.24, 2.45) is 0 Å². The van der Waals surface area contributed by atoms with Crippen molar-refractivity contribution in [2.75, 3.05) is 13.7 Å². The van der Waals surface area contributed by atoms with Crippen molar-refractivity contribution in [1.82, 2.24) is 0 Å². The summed E-state index contributed by atoms with van der Waals surface area (Å²) in [7, 11) is 1.71. The van der Waals surface area contributed by atoms with Crippen molar-refractivity contribution >= 4 is 23.4 Å². The fourth-order valence-corrected chi connectivity index (χ4v) is 3.05. The molecule has 0 aliphatic heterocycles. The lowest BCUT2D eigenvalue weighted by molar-refractivity contribution is -0.145. The smallest absolute Gasteiger partial charge is 0.331 e. The van der Waals surface area contributed by atoms with Gasteiger partial charge in [-0.3, -0.25) is 4.79 Å². The average Bonchev–Trinajstić information content (AvgIpc) is 2.65. The molecule has 0 spiro atoms. The first-order chi connectivity index (χ1) is 12.8. The highest BCUT2D eigenvalue weighted by Crippen LogP contribution is 2.30. The highest BCUT2D eigenvalue weighted by molar-refractivity contribution is 6.41. The molecule has 1 aromatic carbocycles. The topological polar surface area (TPSA) is 52.6 Å². The van der Waals surface area contributed by atoms with Gasteiger partial charge in [-0.15, -0.1) is 11.6 Å². The van der Waals surface area contributed by atoms with Crippen LogP contribution in [-0.4, -0.2) is 30.8 Å². The molecule has 0 radical (unpaired) electrons. The molecule has 4 nitrogen and oxygen atoms in total. The largest absolute Gasteiger partial charge is 0.496 e. The van der Waals surface area contributed by atoms with Crippen molar-refractivity contribution in [2.45, 2.75) is 64.7 Å². The number of aryl methyl sites for hydroxylation is 1.